The quantitative estimate of drug-likeness (QED) is 0.582. The molecule has 0 heterocycles. The first-order valence-electron chi connectivity index (χ1n) is 8.64. The fourth-order valence-electron chi connectivity index (χ4n) is 3.77. The highest BCUT2D eigenvalue weighted by molar-refractivity contribution is 6.36. The van der Waals surface area contributed by atoms with E-state index in [-0.39, 0.29) is 17.0 Å². The highest BCUT2D eigenvalue weighted by Gasteiger charge is 2.43. The minimum absolute atomic E-state index is 0.0180. The number of benzene rings is 2. The first kappa shape index (κ1) is 15.8. The number of hydrogen-bond donors (Lipinski definition) is 0. The summed E-state index contributed by atoms with van der Waals surface area (Å²) < 4.78 is 0. The van der Waals surface area contributed by atoms with Crippen molar-refractivity contribution in [3.63, 3.8) is 0 Å². The molecule has 0 aliphatic heterocycles. The van der Waals surface area contributed by atoms with Crippen LogP contribution >= 0.6 is 0 Å². The van der Waals surface area contributed by atoms with E-state index in [1.165, 1.54) is 0 Å². The van der Waals surface area contributed by atoms with E-state index in [1.807, 2.05) is 74.5 Å². The molecular weight excluding hydrogens is 308 g/mol. The average molecular weight is 328 g/mol. The SMILES string of the molecule is CC1(C)CC(=O)C(=C2C(c3ccccc3)=C2c2ccccc2)C(=O)C1. The molecule has 0 N–H and O–H groups in total. The molecule has 4 rings (SSSR count). The minimum Gasteiger partial charge on any atom is -0.294 e. The minimum atomic E-state index is -0.243. The number of carbonyl (C=O) groups is 2. The summed E-state index contributed by atoms with van der Waals surface area (Å²) in [6.45, 7) is 3.97. The second kappa shape index (κ2) is 5.66. The van der Waals surface area contributed by atoms with Crippen LogP contribution in [0.4, 0.5) is 0 Å². The number of rotatable bonds is 2. The van der Waals surface area contributed by atoms with Gasteiger partial charge in [-0.3, -0.25) is 9.59 Å². The van der Waals surface area contributed by atoms with Gasteiger partial charge in [0.1, 0.15) is 0 Å². The van der Waals surface area contributed by atoms with Crippen molar-refractivity contribution in [2.45, 2.75) is 26.7 Å². The van der Waals surface area contributed by atoms with Gasteiger partial charge in [-0.2, -0.15) is 0 Å². The molecular formula is C23H20O2. The molecule has 0 saturated heterocycles. The van der Waals surface area contributed by atoms with Crippen LogP contribution in [0.1, 0.15) is 37.8 Å². The van der Waals surface area contributed by atoms with Crippen molar-refractivity contribution in [1.29, 1.82) is 0 Å². The summed E-state index contributed by atoms with van der Waals surface area (Å²) in [7, 11) is 0. The lowest BCUT2D eigenvalue weighted by Crippen LogP contribution is -2.31. The van der Waals surface area contributed by atoms with Crippen LogP contribution in [-0.4, -0.2) is 11.6 Å². The van der Waals surface area contributed by atoms with Crippen molar-refractivity contribution in [2.75, 3.05) is 0 Å². The topological polar surface area (TPSA) is 34.1 Å². The molecule has 0 unspecified atom stereocenters. The molecule has 0 bridgehead atoms. The van der Waals surface area contributed by atoms with E-state index in [9.17, 15) is 9.59 Å². The molecule has 2 aromatic carbocycles. The van der Waals surface area contributed by atoms with Crippen molar-refractivity contribution in [3.8, 4) is 0 Å². The second-order valence-corrected chi connectivity index (χ2v) is 7.60. The highest BCUT2D eigenvalue weighted by Crippen LogP contribution is 2.55. The Hall–Kier alpha value is -2.74. The molecule has 1 saturated carbocycles. The number of ketones is 2. The fraction of sp³-hybridized carbons (Fsp3) is 0.217. The lowest BCUT2D eigenvalue weighted by Gasteiger charge is -2.28. The van der Waals surface area contributed by atoms with E-state index >= 15 is 0 Å². The van der Waals surface area contributed by atoms with Crippen molar-refractivity contribution < 1.29 is 9.59 Å². The van der Waals surface area contributed by atoms with Crippen LogP contribution in [0.25, 0.3) is 11.1 Å². The van der Waals surface area contributed by atoms with Crippen LogP contribution in [0, 0.1) is 5.41 Å². The predicted molar refractivity (Wildman–Crippen MR) is 99.8 cm³/mol. The molecule has 2 heteroatoms. The number of allylic oxidation sites excluding steroid dienone is 4. The number of Topliss-reactive ketones (excluding diaryl/α,β-unsaturated/α-hetero) is 2. The number of carbonyl (C=O) groups excluding carboxylic acids is 2. The van der Waals surface area contributed by atoms with Gasteiger partial charge in [-0.1, -0.05) is 74.5 Å². The van der Waals surface area contributed by atoms with E-state index < -0.39 is 0 Å². The van der Waals surface area contributed by atoms with Crippen molar-refractivity contribution in [3.05, 3.63) is 82.9 Å². The molecule has 1 fully saturated rings. The van der Waals surface area contributed by atoms with Gasteiger partial charge in [0.05, 0.1) is 5.57 Å². The molecule has 0 radical (unpaired) electrons. The maximum absolute atomic E-state index is 12.8. The zero-order valence-corrected chi connectivity index (χ0v) is 14.5. The van der Waals surface area contributed by atoms with Crippen LogP contribution in [0.15, 0.2) is 71.8 Å². The van der Waals surface area contributed by atoms with Crippen molar-refractivity contribution in [2.24, 2.45) is 5.41 Å². The smallest absolute Gasteiger partial charge is 0.167 e. The van der Waals surface area contributed by atoms with Crippen LogP contribution in [-0.2, 0) is 9.59 Å². The van der Waals surface area contributed by atoms with Crippen molar-refractivity contribution >= 4 is 22.7 Å². The summed E-state index contributed by atoms with van der Waals surface area (Å²) in [6, 6.07) is 20.0. The Balaban J connectivity index is 1.85. The Morgan fingerprint density at radius 1 is 0.600 bits per heavy atom. The third-order valence-electron chi connectivity index (χ3n) is 4.90. The van der Waals surface area contributed by atoms with Crippen LogP contribution < -0.4 is 0 Å². The molecule has 0 aromatic heterocycles. The first-order chi connectivity index (χ1) is 12.0. The Morgan fingerprint density at radius 2 is 1.00 bits per heavy atom. The van der Waals surface area contributed by atoms with Gasteiger partial charge in [-0.25, -0.2) is 0 Å². The van der Waals surface area contributed by atoms with Gasteiger partial charge >= 0.3 is 0 Å². The molecule has 2 nitrogen and oxygen atoms in total. The number of hydrogen-bond acceptors (Lipinski definition) is 2. The van der Waals surface area contributed by atoms with Crippen LogP contribution in [0.3, 0.4) is 0 Å². The average Bonchev–Trinajstić information content (AvgIpc) is 3.29. The van der Waals surface area contributed by atoms with Gasteiger partial charge in [-0.15, -0.1) is 0 Å². The largest absolute Gasteiger partial charge is 0.294 e. The monoisotopic (exact) mass is 328 g/mol. The van der Waals surface area contributed by atoms with Gasteiger partial charge < -0.3 is 0 Å². The Kier molecular flexibility index (Phi) is 3.57. The highest BCUT2D eigenvalue weighted by atomic mass is 16.2. The van der Waals surface area contributed by atoms with E-state index in [4.69, 9.17) is 0 Å². The summed E-state index contributed by atoms with van der Waals surface area (Å²) in [5, 5.41) is 0. The van der Waals surface area contributed by atoms with Crippen molar-refractivity contribution in [1.82, 2.24) is 0 Å². The maximum atomic E-state index is 12.8. The summed E-state index contributed by atoms with van der Waals surface area (Å²) in [5.74, 6) is -0.0359. The molecule has 0 spiro atoms. The van der Waals surface area contributed by atoms with E-state index in [0.29, 0.717) is 18.4 Å². The summed E-state index contributed by atoms with van der Waals surface area (Å²) in [4.78, 5) is 25.5. The zero-order chi connectivity index (χ0) is 17.6. The maximum Gasteiger partial charge on any atom is 0.167 e. The van der Waals surface area contributed by atoms with Gasteiger partial charge in [0.15, 0.2) is 11.6 Å². The van der Waals surface area contributed by atoms with Crippen LogP contribution in [0.2, 0.25) is 0 Å². The fourth-order valence-corrected chi connectivity index (χ4v) is 3.77. The normalized spacial score (nSPS) is 19.4. The third kappa shape index (κ3) is 2.78. The molecule has 2 aromatic rings. The molecule has 2 aliphatic carbocycles. The lowest BCUT2D eigenvalue weighted by atomic mass is 9.73. The van der Waals surface area contributed by atoms with Gasteiger partial charge in [0, 0.05) is 18.4 Å². The molecule has 25 heavy (non-hydrogen) atoms. The zero-order valence-electron chi connectivity index (χ0n) is 14.5. The van der Waals surface area contributed by atoms with E-state index in [2.05, 4.69) is 0 Å². The predicted octanol–water partition coefficient (Wildman–Crippen LogP) is 4.87. The Bertz CT molecular complexity index is 855. The summed E-state index contributed by atoms with van der Waals surface area (Å²) in [6.07, 6.45) is 0.865. The molecule has 0 amide bonds. The van der Waals surface area contributed by atoms with Gasteiger partial charge in [0.2, 0.25) is 0 Å². The third-order valence-corrected chi connectivity index (χ3v) is 4.90. The van der Waals surface area contributed by atoms with E-state index in [0.717, 1.165) is 27.8 Å². The molecule has 2 aliphatic rings. The van der Waals surface area contributed by atoms with Crippen LogP contribution in [0.5, 0.6) is 0 Å². The summed E-state index contributed by atoms with van der Waals surface area (Å²) in [5.41, 5.74) is 5.25. The first-order valence-corrected chi connectivity index (χ1v) is 8.64. The lowest BCUT2D eigenvalue weighted by molar-refractivity contribution is -0.127. The molecule has 124 valence electrons. The molecule has 0 atom stereocenters. The van der Waals surface area contributed by atoms with E-state index in [1.54, 1.807) is 0 Å². The van der Waals surface area contributed by atoms with Gasteiger partial charge in [0.25, 0.3) is 0 Å². The standard InChI is InChI=1S/C23H20O2/c1-23(2)13-17(24)21(18(25)14-23)22-19(15-9-5-3-6-10-15)20(22)16-11-7-4-8-12-16/h3-12H,13-14H2,1-2H3. The second-order valence-electron chi connectivity index (χ2n) is 7.60. The van der Waals surface area contributed by atoms with Gasteiger partial charge in [-0.05, 0) is 27.7 Å². The summed E-state index contributed by atoms with van der Waals surface area (Å²) >= 11 is 0. The Labute approximate surface area is 147 Å². The Morgan fingerprint density at radius 3 is 1.40 bits per heavy atom.